The van der Waals surface area contributed by atoms with Crippen molar-refractivity contribution in [2.24, 2.45) is 0 Å². The van der Waals surface area contributed by atoms with E-state index < -0.39 is 0 Å². The Morgan fingerprint density at radius 1 is 1.20 bits per heavy atom. The maximum atomic E-state index is 13.1. The SMILES string of the molecule is CCc1cc2c(=O)n(CC(=O)Nc3c(C(C)C)cccc3C(C)C)c(SC)nc2s1. The second-order valence-electron chi connectivity index (χ2n) is 7.94. The molecular formula is C23H29N3O2S2. The Morgan fingerprint density at radius 3 is 2.37 bits per heavy atom. The van der Waals surface area contributed by atoms with Crippen LogP contribution in [0.25, 0.3) is 10.2 Å². The number of thiophene rings is 1. The van der Waals surface area contributed by atoms with Gasteiger partial charge in [0.1, 0.15) is 11.4 Å². The summed E-state index contributed by atoms with van der Waals surface area (Å²) in [6, 6.07) is 8.04. The van der Waals surface area contributed by atoms with Crippen molar-refractivity contribution in [3.8, 4) is 0 Å². The van der Waals surface area contributed by atoms with Crippen molar-refractivity contribution in [3.63, 3.8) is 0 Å². The summed E-state index contributed by atoms with van der Waals surface area (Å²) in [6.45, 7) is 10.5. The number of carbonyl (C=O) groups is 1. The Bertz CT molecular complexity index is 1100. The zero-order valence-electron chi connectivity index (χ0n) is 18.4. The van der Waals surface area contributed by atoms with E-state index in [2.05, 4.69) is 57.1 Å². The quantitative estimate of drug-likeness (QED) is 0.380. The first kappa shape index (κ1) is 22.6. The molecule has 30 heavy (non-hydrogen) atoms. The Balaban J connectivity index is 1.99. The fraction of sp³-hybridized carbons (Fsp3) is 0.435. The predicted octanol–water partition coefficient (Wildman–Crippen LogP) is 5.63. The monoisotopic (exact) mass is 443 g/mol. The number of thioether (sulfide) groups is 1. The van der Waals surface area contributed by atoms with Crippen LogP contribution < -0.4 is 10.9 Å². The van der Waals surface area contributed by atoms with E-state index in [9.17, 15) is 9.59 Å². The molecule has 1 amide bonds. The number of hydrogen-bond donors (Lipinski definition) is 1. The molecule has 2 heterocycles. The second kappa shape index (κ2) is 9.35. The van der Waals surface area contributed by atoms with E-state index in [0.29, 0.717) is 10.5 Å². The summed E-state index contributed by atoms with van der Waals surface area (Å²) in [5, 5.41) is 4.25. The van der Waals surface area contributed by atoms with E-state index in [-0.39, 0.29) is 29.8 Å². The zero-order valence-corrected chi connectivity index (χ0v) is 20.0. The summed E-state index contributed by atoms with van der Waals surface area (Å²) in [4.78, 5) is 32.7. The molecule has 0 saturated heterocycles. The molecule has 0 aliphatic carbocycles. The molecule has 0 bridgehead atoms. The average Bonchev–Trinajstić information content (AvgIpc) is 3.13. The summed E-state index contributed by atoms with van der Waals surface area (Å²) in [7, 11) is 0. The molecule has 0 atom stereocenters. The maximum absolute atomic E-state index is 13.1. The summed E-state index contributed by atoms with van der Waals surface area (Å²) in [5.74, 6) is 0.342. The second-order valence-corrected chi connectivity index (χ2v) is 9.83. The van der Waals surface area contributed by atoms with Gasteiger partial charge >= 0.3 is 0 Å². The standard InChI is InChI=1S/C23H29N3O2S2/c1-7-15-11-18-21(30-15)25-23(29-6)26(22(18)28)12-19(27)24-20-16(13(2)3)9-8-10-17(20)14(4)5/h8-11,13-14H,7,12H2,1-6H3,(H,24,27). The zero-order chi connectivity index (χ0) is 22.0. The van der Waals surface area contributed by atoms with Gasteiger partial charge in [-0.15, -0.1) is 11.3 Å². The van der Waals surface area contributed by atoms with Gasteiger partial charge in [-0.1, -0.05) is 64.6 Å². The fourth-order valence-corrected chi connectivity index (χ4v) is 5.10. The van der Waals surface area contributed by atoms with Gasteiger partial charge in [0.05, 0.1) is 5.39 Å². The van der Waals surface area contributed by atoms with Gasteiger partial charge in [0.2, 0.25) is 5.91 Å². The summed E-state index contributed by atoms with van der Waals surface area (Å²) >= 11 is 2.93. The minimum Gasteiger partial charge on any atom is -0.324 e. The molecule has 0 spiro atoms. The van der Waals surface area contributed by atoms with Crippen molar-refractivity contribution < 1.29 is 4.79 Å². The van der Waals surface area contributed by atoms with Crippen LogP contribution in [-0.4, -0.2) is 21.7 Å². The lowest BCUT2D eigenvalue weighted by Gasteiger charge is -2.20. The normalized spacial score (nSPS) is 11.6. The molecule has 0 radical (unpaired) electrons. The summed E-state index contributed by atoms with van der Waals surface area (Å²) < 4.78 is 1.49. The van der Waals surface area contributed by atoms with Crippen molar-refractivity contribution in [1.82, 2.24) is 9.55 Å². The van der Waals surface area contributed by atoms with Gasteiger partial charge in [0, 0.05) is 10.6 Å². The van der Waals surface area contributed by atoms with Gasteiger partial charge in [-0.3, -0.25) is 14.2 Å². The lowest BCUT2D eigenvalue weighted by Crippen LogP contribution is -2.30. The molecule has 7 heteroatoms. The fourth-order valence-electron chi connectivity index (χ4n) is 3.53. The third-order valence-electron chi connectivity index (χ3n) is 5.14. The van der Waals surface area contributed by atoms with Crippen molar-refractivity contribution >= 4 is 44.9 Å². The number of benzene rings is 1. The van der Waals surface area contributed by atoms with E-state index in [0.717, 1.165) is 32.9 Å². The third-order valence-corrected chi connectivity index (χ3v) is 6.99. The molecule has 1 aromatic carbocycles. The smallest absolute Gasteiger partial charge is 0.263 e. The van der Waals surface area contributed by atoms with Crippen LogP contribution in [0, 0.1) is 0 Å². The van der Waals surface area contributed by atoms with Crippen LogP contribution in [-0.2, 0) is 17.8 Å². The molecular weight excluding hydrogens is 414 g/mol. The highest BCUT2D eigenvalue weighted by atomic mass is 32.2. The van der Waals surface area contributed by atoms with Crippen molar-refractivity contribution in [1.29, 1.82) is 0 Å². The minimum atomic E-state index is -0.213. The van der Waals surface area contributed by atoms with Crippen molar-refractivity contribution in [2.75, 3.05) is 11.6 Å². The number of carbonyl (C=O) groups excluding carboxylic acids is 1. The lowest BCUT2D eigenvalue weighted by atomic mass is 9.92. The number of hydrogen-bond acceptors (Lipinski definition) is 5. The number of amides is 1. The van der Waals surface area contributed by atoms with E-state index in [1.165, 1.54) is 16.3 Å². The van der Waals surface area contributed by atoms with Gasteiger partial charge < -0.3 is 5.32 Å². The van der Waals surface area contributed by atoms with Crippen LogP contribution in [0.3, 0.4) is 0 Å². The van der Waals surface area contributed by atoms with E-state index in [4.69, 9.17) is 0 Å². The number of nitrogens with zero attached hydrogens (tertiary/aromatic N) is 2. The highest BCUT2D eigenvalue weighted by Gasteiger charge is 2.19. The average molecular weight is 444 g/mol. The summed E-state index contributed by atoms with van der Waals surface area (Å²) in [5.41, 5.74) is 2.91. The van der Waals surface area contributed by atoms with Gasteiger partial charge in [0.25, 0.3) is 5.56 Å². The van der Waals surface area contributed by atoms with Crippen molar-refractivity contribution in [2.45, 2.75) is 64.6 Å². The highest BCUT2D eigenvalue weighted by Crippen LogP contribution is 2.32. The molecule has 160 valence electrons. The topological polar surface area (TPSA) is 64.0 Å². The first-order valence-corrected chi connectivity index (χ1v) is 12.3. The molecule has 0 fully saturated rings. The largest absolute Gasteiger partial charge is 0.324 e. The van der Waals surface area contributed by atoms with Crippen LogP contribution >= 0.6 is 23.1 Å². The van der Waals surface area contributed by atoms with Gasteiger partial charge in [0.15, 0.2) is 5.16 Å². The maximum Gasteiger partial charge on any atom is 0.263 e. The van der Waals surface area contributed by atoms with Crippen molar-refractivity contribution in [3.05, 3.63) is 50.6 Å². The number of rotatable bonds is 7. The molecule has 0 saturated carbocycles. The van der Waals surface area contributed by atoms with E-state index in [1.54, 1.807) is 11.3 Å². The van der Waals surface area contributed by atoms with E-state index >= 15 is 0 Å². The number of nitrogens with one attached hydrogen (secondary N) is 1. The molecule has 1 N–H and O–H groups in total. The van der Waals surface area contributed by atoms with E-state index in [1.807, 2.05) is 18.4 Å². The van der Waals surface area contributed by atoms with Gasteiger partial charge in [-0.05, 0) is 41.7 Å². The van der Waals surface area contributed by atoms with Crippen LogP contribution in [0.15, 0.2) is 34.2 Å². The van der Waals surface area contributed by atoms with Gasteiger partial charge in [-0.25, -0.2) is 4.98 Å². The third kappa shape index (κ3) is 4.47. The number of fused-ring (bicyclic) bond motifs is 1. The van der Waals surface area contributed by atoms with Gasteiger partial charge in [-0.2, -0.15) is 0 Å². The van der Waals surface area contributed by atoms with Crippen LogP contribution in [0.5, 0.6) is 0 Å². The van der Waals surface area contributed by atoms with Crippen LogP contribution in [0.2, 0.25) is 0 Å². The molecule has 3 rings (SSSR count). The first-order valence-electron chi connectivity index (χ1n) is 10.3. The summed E-state index contributed by atoms with van der Waals surface area (Å²) in [6.07, 6.45) is 2.74. The van der Waals surface area contributed by atoms with Crippen LogP contribution in [0.1, 0.15) is 62.5 Å². The number of aromatic nitrogens is 2. The van der Waals surface area contributed by atoms with Crippen LogP contribution in [0.4, 0.5) is 5.69 Å². The first-order chi connectivity index (χ1) is 14.3. The lowest BCUT2D eigenvalue weighted by molar-refractivity contribution is -0.116. The Hall–Kier alpha value is -2.12. The molecule has 2 aromatic heterocycles. The molecule has 0 unspecified atom stereocenters. The Morgan fingerprint density at radius 2 is 1.83 bits per heavy atom. The molecule has 5 nitrogen and oxygen atoms in total. The number of aryl methyl sites for hydroxylation is 1. The molecule has 0 aliphatic rings. The number of para-hydroxylation sites is 1. The molecule has 3 aromatic rings. The predicted molar refractivity (Wildman–Crippen MR) is 128 cm³/mol. The minimum absolute atomic E-state index is 0.0563. The Kier molecular flexibility index (Phi) is 7.03. The highest BCUT2D eigenvalue weighted by molar-refractivity contribution is 7.98. The Labute approximate surface area is 185 Å². The number of anilines is 1. The molecule has 0 aliphatic heterocycles.